The highest BCUT2D eigenvalue weighted by Gasteiger charge is 2.31. The lowest BCUT2D eigenvalue weighted by atomic mass is 10.1. The van der Waals surface area contributed by atoms with Crippen LogP contribution in [0.25, 0.3) is 17.0 Å². The van der Waals surface area contributed by atoms with Gasteiger partial charge in [0, 0.05) is 17.0 Å². The van der Waals surface area contributed by atoms with Crippen molar-refractivity contribution in [3.8, 4) is 5.75 Å². The van der Waals surface area contributed by atoms with Crippen LogP contribution < -0.4 is 14.2 Å². The number of hydrogen-bond donors (Lipinski definition) is 0. The molecule has 0 radical (unpaired) electrons. The van der Waals surface area contributed by atoms with Gasteiger partial charge in [-0.15, -0.1) is 0 Å². The minimum Gasteiger partial charge on any atom is -0.489 e. The highest BCUT2D eigenvalue weighted by Crippen LogP contribution is 2.52. The molecule has 0 saturated heterocycles. The number of rotatable bonds is 2. The van der Waals surface area contributed by atoms with Crippen molar-refractivity contribution >= 4 is 34.4 Å². The van der Waals surface area contributed by atoms with Crippen molar-refractivity contribution in [1.82, 2.24) is 0 Å². The number of para-hydroxylation sites is 2. The topological polar surface area (TPSA) is 16.4 Å². The molecule has 0 unspecified atom stereocenters. The van der Waals surface area contributed by atoms with Gasteiger partial charge in [-0.25, -0.2) is 4.57 Å². The second-order valence-electron chi connectivity index (χ2n) is 8.03. The Labute approximate surface area is 181 Å². The third-order valence-electron chi connectivity index (χ3n) is 6.08. The van der Waals surface area contributed by atoms with Crippen LogP contribution in [0.1, 0.15) is 18.4 Å². The number of aromatic nitrogens is 1. The molecular formula is C26H23N2OS+. The van der Waals surface area contributed by atoms with Gasteiger partial charge in [0.05, 0.1) is 22.6 Å². The predicted molar refractivity (Wildman–Crippen MR) is 124 cm³/mol. The monoisotopic (exact) mass is 411 g/mol. The summed E-state index contributed by atoms with van der Waals surface area (Å²) in [5.74, 6) is 1.01. The van der Waals surface area contributed by atoms with Gasteiger partial charge in [-0.3, -0.25) is 0 Å². The third-order valence-corrected chi connectivity index (χ3v) is 7.18. The lowest BCUT2D eigenvalue weighted by Gasteiger charge is -2.27. The van der Waals surface area contributed by atoms with Crippen molar-refractivity contribution in [3.63, 3.8) is 0 Å². The summed E-state index contributed by atoms with van der Waals surface area (Å²) in [5.41, 5.74) is 6.63. The molecular weight excluding hydrogens is 388 g/mol. The van der Waals surface area contributed by atoms with Gasteiger partial charge in [-0.1, -0.05) is 42.1 Å². The van der Waals surface area contributed by atoms with Gasteiger partial charge in [-0.2, -0.15) is 0 Å². The van der Waals surface area contributed by atoms with Crippen molar-refractivity contribution < 1.29 is 9.30 Å². The fourth-order valence-corrected chi connectivity index (χ4v) is 5.77. The number of ether oxygens (including phenoxy) is 1. The molecule has 0 spiro atoms. The van der Waals surface area contributed by atoms with Crippen LogP contribution in [0.2, 0.25) is 0 Å². The molecule has 1 aliphatic carbocycles. The highest BCUT2D eigenvalue weighted by molar-refractivity contribution is 8.03. The number of benzene rings is 2. The van der Waals surface area contributed by atoms with Crippen molar-refractivity contribution in [3.05, 3.63) is 88.6 Å². The Morgan fingerprint density at radius 1 is 1.03 bits per heavy atom. The molecule has 3 aromatic rings. The van der Waals surface area contributed by atoms with Gasteiger partial charge in [0.2, 0.25) is 5.52 Å². The van der Waals surface area contributed by atoms with Crippen LogP contribution in [0.15, 0.2) is 88.0 Å². The Balaban J connectivity index is 1.33. The average molecular weight is 412 g/mol. The van der Waals surface area contributed by atoms with Crippen LogP contribution >= 0.6 is 11.8 Å². The fraction of sp³-hybridized carbons (Fsp3) is 0.192. The van der Waals surface area contributed by atoms with Crippen LogP contribution in [-0.2, 0) is 7.05 Å². The number of pyridine rings is 1. The SMILES string of the molecule is C[n+]1ccc(/C=C2C=C(/C=C3\Sc4cccc5c4N3CCO5)CC/2)c2ccccc21. The summed E-state index contributed by atoms with van der Waals surface area (Å²) < 4.78 is 8.04. The Hall–Kier alpha value is -2.98. The van der Waals surface area contributed by atoms with E-state index in [1.807, 2.05) is 11.8 Å². The Bertz CT molecular complexity index is 1270. The molecule has 0 saturated carbocycles. The third kappa shape index (κ3) is 2.94. The van der Waals surface area contributed by atoms with E-state index in [2.05, 4.69) is 89.5 Å². The van der Waals surface area contributed by atoms with E-state index in [-0.39, 0.29) is 0 Å². The first-order chi connectivity index (χ1) is 14.8. The molecule has 2 aliphatic heterocycles. The van der Waals surface area contributed by atoms with Crippen LogP contribution in [0.3, 0.4) is 0 Å². The largest absolute Gasteiger partial charge is 0.489 e. The number of allylic oxidation sites excluding steroid dienone is 4. The van der Waals surface area contributed by atoms with E-state index in [4.69, 9.17) is 4.74 Å². The Morgan fingerprint density at radius 2 is 1.97 bits per heavy atom. The minimum absolute atomic E-state index is 0.747. The first kappa shape index (κ1) is 17.8. The van der Waals surface area contributed by atoms with E-state index in [1.54, 1.807) is 0 Å². The van der Waals surface area contributed by atoms with E-state index < -0.39 is 0 Å². The summed E-state index contributed by atoms with van der Waals surface area (Å²) in [7, 11) is 2.10. The quantitative estimate of drug-likeness (QED) is 0.510. The van der Waals surface area contributed by atoms with Crippen molar-refractivity contribution in [2.45, 2.75) is 17.7 Å². The predicted octanol–water partition coefficient (Wildman–Crippen LogP) is 5.61. The van der Waals surface area contributed by atoms with E-state index in [1.165, 1.54) is 43.2 Å². The molecule has 30 heavy (non-hydrogen) atoms. The molecule has 3 aliphatic rings. The molecule has 0 bridgehead atoms. The molecule has 4 heteroatoms. The first-order valence-corrected chi connectivity index (χ1v) is 11.3. The Morgan fingerprint density at radius 3 is 2.93 bits per heavy atom. The maximum absolute atomic E-state index is 5.85. The molecule has 148 valence electrons. The second kappa shape index (κ2) is 7.06. The summed E-state index contributed by atoms with van der Waals surface area (Å²) >= 11 is 1.86. The first-order valence-electron chi connectivity index (χ1n) is 10.5. The maximum Gasteiger partial charge on any atom is 0.212 e. The van der Waals surface area contributed by atoms with Gasteiger partial charge >= 0.3 is 0 Å². The van der Waals surface area contributed by atoms with Crippen molar-refractivity contribution in [1.29, 1.82) is 0 Å². The van der Waals surface area contributed by atoms with E-state index >= 15 is 0 Å². The fourth-order valence-electron chi connectivity index (χ4n) is 4.59. The molecule has 0 fully saturated rings. The molecule has 0 atom stereocenters. The van der Waals surface area contributed by atoms with Gasteiger partial charge < -0.3 is 9.64 Å². The molecule has 3 heterocycles. The van der Waals surface area contributed by atoms with Gasteiger partial charge in [0.1, 0.15) is 19.4 Å². The summed E-state index contributed by atoms with van der Waals surface area (Å²) in [4.78, 5) is 3.72. The summed E-state index contributed by atoms with van der Waals surface area (Å²) in [6.45, 7) is 1.67. The number of thioether (sulfide) groups is 1. The van der Waals surface area contributed by atoms with Crippen LogP contribution in [0.4, 0.5) is 5.69 Å². The molecule has 0 amide bonds. The van der Waals surface area contributed by atoms with Crippen LogP contribution in [0, 0.1) is 0 Å². The van der Waals surface area contributed by atoms with E-state index in [0.29, 0.717) is 0 Å². The average Bonchev–Trinajstić information content (AvgIpc) is 3.37. The van der Waals surface area contributed by atoms with Gasteiger partial charge in [-0.05, 0) is 53.8 Å². The lowest BCUT2D eigenvalue weighted by molar-refractivity contribution is -0.644. The summed E-state index contributed by atoms with van der Waals surface area (Å²) in [6.07, 6.45) is 11.5. The number of hydrogen-bond acceptors (Lipinski definition) is 3. The summed E-state index contributed by atoms with van der Waals surface area (Å²) in [6, 6.07) is 17.2. The van der Waals surface area contributed by atoms with Crippen molar-refractivity contribution in [2.75, 3.05) is 18.1 Å². The Kier molecular flexibility index (Phi) is 4.20. The molecule has 2 aromatic carbocycles. The molecule has 1 aromatic heterocycles. The van der Waals surface area contributed by atoms with E-state index in [0.717, 1.165) is 31.7 Å². The zero-order chi connectivity index (χ0) is 20.1. The second-order valence-corrected chi connectivity index (χ2v) is 9.09. The highest BCUT2D eigenvalue weighted by atomic mass is 32.2. The maximum atomic E-state index is 5.85. The van der Waals surface area contributed by atoms with Gasteiger partial charge in [0.25, 0.3) is 0 Å². The minimum atomic E-state index is 0.747. The molecule has 3 nitrogen and oxygen atoms in total. The summed E-state index contributed by atoms with van der Waals surface area (Å²) in [5, 5.41) is 2.63. The van der Waals surface area contributed by atoms with Gasteiger partial charge in [0.15, 0.2) is 6.20 Å². The zero-order valence-corrected chi connectivity index (χ0v) is 17.8. The number of fused-ring (bicyclic) bond motifs is 1. The van der Waals surface area contributed by atoms with Crippen molar-refractivity contribution in [2.24, 2.45) is 7.05 Å². The smallest absolute Gasteiger partial charge is 0.212 e. The standard InChI is InChI=1S/C26H23N2OS/c1-27-12-11-20(21-5-2-3-6-22(21)27)16-18-9-10-19(15-18)17-25-28-13-14-29-23-7-4-8-24(30-25)26(23)28/h2-8,11-12,15-17H,9-10,13-14H2,1H3/q+1. The normalized spacial score (nSPS) is 20.0. The number of anilines is 1. The number of aryl methyl sites for hydroxylation is 1. The van der Waals surface area contributed by atoms with Crippen LogP contribution in [-0.4, -0.2) is 13.2 Å². The molecule has 0 N–H and O–H groups in total. The van der Waals surface area contributed by atoms with Crippen LogP contribution in [0.5, 0.6) is 5.75 Å². The van der Waals surface area contributed by atoms with E-state index in [9.17, 15) is 0 Å². The number of nitrogens with zero attached hydrogens (tertiary/aromatic N) is 2. The molecule has 6 rings (SSSR count). The zero-order valence-electron chi connectivity index (χ0n) is 17.0. The lowest BCUT2D eigenvalue weighted by Crippen LogP contribution is -2.28.